The molecule has 1 unspecified atom stereocenters. The monoisotopic (exact) mass is 281 g/mol. The van der Waals surface area contributed by atoms with Crippen molar-refractivity contribution in [2.24, 2.45) is 11.3 Å². The number of carbonyl (C=O) groups is 1. The SMILES string of the molecule is COC[C@]1(CO)C(=O)[C@@]2(C)CCN1C[C@H]2C(F)(F)F. The Bertz CT molecular complexity index is 387. The van der Waals surface area contributed by atoms with Gasteiger partial charge in [0, 0.05) is 25.6 Å². The molecule has 3 aliphatic heterocycles. The lowest BCUT2D eigenvalue weighted by Crippen LogP contribution is -2.76. The average molecular weight is 281 g/mol. The van der Waals surface area contributed by atoms with Gasteiger partial charge in [-0.05, 0) is 6.42 Å². The molecular formula is C12H18F3NO3. The molecule has 3 fully saturated rings. The summed E-state index contributed by atoms with van der Waals surface area (Å²) in [6.07, 6.45) is -4.24. The second-order valence-electron chi connectivity index (χ2n) is 5.66. The number of nitrogens with zero attached hydrogens (tertiary/aromatic N) is 1. The number of fused-ring (bicyclic) bond motifs is 3. The predicted molar refractivity (Wildman–Crippen MR) is 60.5 cm³/mol. The van der Waals surface area contributed by atoms with Gasteiger partial charge in [-0.3, -0.25) is 9.69 Å². The van der Waals surface area contributed by atoms with Crippen LogP contribution in [0.5, 0.6) is 0 Å². The highest BCUT2D eigenvalue weighted by Crippen LogP contribution is 2.53. The first kappa shape index (κ1) is 14.7. The van der Waals surface area contributed by atoms with Crippen LogP contribution in [0.4, 0.5) is 13.2 Å². The Hall–Kier alpha value is -0.660. The van der Waals surface area contributed by atoms with Gasteiger partial charge in [0.15, 0.2) is 5.78 Å². The van der Waals surface area contributed by atoms with Crippen molar-refractivity contribution >= 4 is 5.78 Å². The summed E-state index contributed by atoms with van der Waals surface area (Å²) < 4.78 is 44.2. The summed E-state index contributed by atoms with van der Waals surface area (Å²) in [6, 6.07) is 0. The zero-order chi connectivity index (χ0) is 14.5. The second-order valence-corrected chi connectivity index (χ2v) is 5.66. The molecule has 4 atom stereocenters. The van der Waals surface area contributed by atoms with E-state index in [-0.39, 0.29) is 19.6 Å². The van der Waals surface area contributed by atoms with E-state index < -0.39 is 35.4 Å². The number of hydrogen-bond acceptors (Lipinski definition) is 4. The molecule has 3 heterocycles. The number of hydrogen-bond donors (Lipinski definition) is 1. The van der Waals surface area contributed by atoms with Crippen LogP contribution in [0.15, 0.2) is 0 Å². The van der Waals surface area contributed by atoms with Crippen molar-refractivity contribution in [3.05, 3.63) is 0 Å². The number of ketones is 1. The quantitative estimate of drug-likeness (QED) is 0.833. The van der Waals surface area contributed by atoms with Crippen LogP contribution in [0.25, 0.3) is 0 Å². The fourth-order valence-electron chi connectivity index (χ4n) is 3.47. The van der Waals surface area contributed by atoms with Crippen molar-refractivity contribution in [3.63, 3.8) is 0 Å². The van der Waals surface area contributed by atoms with Gasteiger partial charge in [-0.1, -0.05) is 6.92 Å². The second kappa shape index (κ2) is 4.43. The van der Waals surface area contributed by atoms with E-state index in [4.69, 9.17) is 4.74 Å². The zero-order valence-corrected chi connectivity index (χ0v) is 11.0. The molecule has 0 aliphatic carbocycles. The largest absolute Gasteiger partial charge is 0.394 e. The molecule has 3 aliphatic rings. The van der Waals surface area contributed by atoms with Crippen molar-refractivity contribution in [3.8, 4) is 0 Å². The topological polar surface area (TPSA) is 49.8 Å². The van der Waals surface area contributed by atoms with Crippen LogP contribution >= 0.6 is 0 Å². The third-order valence-corrected chi connectivity index (χ3v) is 4.66. The van der Waals surface area contributed by atoms with E-state index in [1.54, 1.807) is 0 Å². The van der Waals surface area contributed by atoms with Crippen LogP contribution in [0.3, 0.4) is 0 Å². The number of methoxy groups -OCH3 is 1. The summed E-state index contributed by atoms with van der Waals surface area (Å²) in [5.74, 6) is -2.22. The van der Waals surface area contributed by atoms with Gasteiger partial charge in [0.05, 0.1) is 19.1 Å². The van der Waals surface area contributed by atoms with Gasteiger partial charge < -0.3 is 9.84 Å². The Balaban J connectivity index is 2.42. The van der Waals surface area contributed by atoms with E-state index in [1.807, 2.05) is 0 Å². The summed E-state index contributed by atoms with van der Waals surface area (Å²) in [5.41, 5.74) is -2.78. The number of ether oxygens (including phenoxy) is 1. The highest BCUT2D eigenvalue weighted by molar-refractivity contribution is 5.95. The van der Waals surface area contributed by atoms with Gasteiger partial charge in [0.25, 0.3) is 0 Å². The van der Waals surface area contributed by atoms with Crippen LogP contribution in [0.2, 0.25) is 0 Å². The minimum atomic E-state index is -4.40. The van der Waals surface area contributed by atoms with E-state index in [1.165, 1.54) is 18.9 Å². The van der Waals surface area contributed by atoms with E-state index in [0.717, 1.165) is 0 Å². The molecule has 0 spiro atoms. The molecule has 7 heteroatoms. The third kappa shape index (κ3) is 1.90. The number of aliphatic hydroxyl groups is 1. The predicted octanol–water partition coefficient (Wildman–Crippen LogP) is 0.837. The summed E-state index contributed by atoms with van der Waals surface area (Å²) in [4.78, 5) is 14.0. The number of carbonyl (C=O) groups excluding carboxylic acids is 1. The molecule has 0 radical (unpaired) electrons. The number of halogens is 3. The van der Waals surface area contributed by atoms with Crippen molar-refractivity contribution in [2.75, 3.05) is 33.4 Å². The number of piperidine rings is 3. The van der Waals surface area contributed by atoms with Crippen molar-refractivity contribution < 1.29 is 27.8 Å². The lowest BCUT2D eigenvalue weighted by Gasteiger charge is -2.59. The van der Waals surface area contributed by atoms with Gasteiger partial charge in [-0.2, -0.15) is 13.2 Å². The maximum atomic E-state index is 13.1. The fourth-order valence-corrected chi connectivity index (χ4v) is 3.47. The van der Waals surface area contributed by atoms with E-state index >= 15 is 0 Å². The zero-order valence-electron chi connectivity index (χ0n) is 11.0. The summed E-state index contributed by atoms with van der Waals surface area (Å²) >= 11 is 0. The van der Waals surface area contributed by atoms with Crippen molar-refractivity contribution in [1.82, 2.24) is 4.90 Å². The molecule has 3 rings (SSSR count). The van der Waals surface area contributed by atoms with Crippen LogP contribution in [-0.4, -0.2) is 60.9 Å². The van der Waals surface area contributed by atoms with Crippen LogP contribution in [0, 0.1) is 11.3 Å². The Morgan fingerprint density at radius 2 is 2.16 bits per heavy atom. The highest BCUT2D eigenvalue weighted by atomic mass is 19.4. The van der Waals surface area contributed by atoms with E-state index in [9.17, 15) is 23.1 Å². The molecule has 0 aromatic heterocycles. The van der Waals surface area contributed by atoms with E-state index in [2.05, 4.69) is 0 Å². The van der Waals surface area contributed by atoms with Crippen molar-refractivity contribution in [2.45, 2.75) is 25.1 Å². The standard InChI is InChI=1S/C12H18F3NO3/c1-10-3-4-16(5-8(10)12(13,14)15)11(6-17,7-19-2)9(10)18/h8,17H,3-7H2,1-2H3/t8-,10+,11-/m1/s1. The first-order valence-corrected chi connectivity index (χ1v) is 6.19. The summed E-state index contributed by atoms with van der Waals surface area (Å²) in [6.45, 7) is 0.890. The molecule has 0 aromatic rings. The number of rotatable bonds is 3. The van der Waals surface area contributed by atoms with Gasteiger partial charge >= 0.3 is 6.18 Å². The van der Waals surface area contributed by atoms with Crippen LogP contribution in [0.1, 0.15) is 13.3 Å². The van der Waals surface area contributed by atoms with Crippen molar-refractivity contribution in [1.29, 1.82) is 0 Å². The third-order valence-electron chi connectivity index (χ3n) is 4.66. The molecule has 0 aromatic carbocycles. The maximum absolute atomic E-state index is 13.1. The Morgan fingerprint density at radius 1 is 1.53 bits per heavy atom. The van der Waals surface area contributed by atoms with Gasteiger partial charge in [0.2, 0.25) is 0 Å². The maximum Gasteiger partial charge on any atom is 0.393 e. The Labute approximate surface area is 109 Å². The molecule has 3 saturated heterocycles. The molecule has 2 bridgehead atoms. The summed E-state index contributed by atoms with van der Waals surface area (Å²) in [7, 11) is 1.37. The smallest absolute Gasteiger partial charge is 0.393 e. The normalized spacial score (nSPS) is 42.7. The van der Waals surface area contributed by atoms with Gasteiger partial charge in [0.1, 0.15) is 5.54 Å². The summed E-state index contributed by atoms with van der Waals surface area (Å²) in [5, 5.41) is 9.54. The average Bonchev–Trinajstić information content (AvgIpc) is 2.33. The Morgan fingerprint density at radius 3 is 2.63 bits per heavy atom. The first-order valence-electron chi connectivity index (χ1n) is 6.19. The molecule has 19 heavy (non-hydrogen) atoms. The number of aliphatic hydroxyl groups excluding tert-OH is 1. The van der Waals surface area contributed by atoms with Crippen LogP contribution < -0.4 is 0 Å². The minimum absolute atomic E-state index is 0.0809. The van der Waals surface area contributed by atoms with Gasteiger partial charge in [-0.15, -0.1) is 0 Å². The Kier molecular flexibility index (Phi) is 3.43. The molecular weight excluding hydrogens is 263 g/mol. The highest BCUT2D eigenvalue weighted by Gasteiger charge is 2.67. The van der Waals surface area contributed by atoms with Crippen LogP contribution in [-0.2, 0) is 9.53 Å². The number of alkyl halides is 3. The lowest BCUT2D eigenvalue weighted by atomic mass is 9.58. The first-order chi connectivity index (χ1) is 8.72. The van der Waals surface area contributed by atoms with E-state index in [0.29, 0.717) is 6.54 Å². The molecule has 1 N–H and O–H groups in total. The lowest BCUT2D eigenvalue weighted by molar-refractivity contribution is -0.249. The fraction of sp³-hybridized carbons (Fsp3) is 0.917. The minimum Gasteiger partial charge on any atom is -0.394 e. The molecule has 0 saturated carbocycles. The molecule has 110 valence electrons. The number of Topliss-reactive ketones (excluding diaryl/α,β-unsaturated/α-hetero) is 1. The van der Waals surface area contributed by atoms with Gasteiger partial charge in [-0.25, -0.2) is 0 Å². The molecule has 0 amide bonds. The molecule has 4 nitrogen and oxygen atoms in total.